The predicted molar refractivity (Wildman–Crippen MR) is 82.7 cm³/mol. The fourth-order valence-electron chi connectivity index (χ4n) is 2.29. The zero-order chi connectivity index (χ0) is 14.7. The van der Waals surface area contributed by atoms with Gasteiger partial charge in [-0.25, -0.2) is 13.1 Å². The molecule has 0 bridgehead atoms. The van der Waals surface area contributed by atoms with Crippen LogP contribution in [0.5, 0.6) is 0 Å². The summed E-state index contributed by atoms with van der Waals surface area (Å²) in [5, 5.41) is 1.66. The van der Waals surface area contributed by atoms with Gasteiger partial charge in [0.15, 0.2) is 0 Å². The number of ether oxygens (including phenoxy) is 1. The topological polar surface area (TPSA) is 55.4 Å². The van der Waals surface area contributed by atoms with Gasteiger partial charge >= 0.3 is 0 Å². The van der Waals surface area contributed by atoms with Crippen molar-refractivity contribution in [1.82, 2.24) is 4.72 Å². The van der Waals surface area contributed by atoms with Crippen LogP contribution in [0.3, 0.4) is 0 Å². The van der Waals surface area contributed by atoms with E-state index in [9.17, 15) is 8.42 Å². The highest BCUT2D eigenvalue weighted by Crippen LogP contribution is 2.28. The lowest BCUT2D eigenvalue weighted by molar-refractivity contribution is 0.129. The molecule has 1 aliphatic rings. The maximum atomic E-state index is 12.4. The Labute approximate surface area is 125 Å². The van der Waals surface area contributed by atoms with Crippen molar-refractivity contribution < 1.29 is 13.2 Å². The summed E-state index contributed by atoms with van der Waals surface area (Å²) in [7, 11) is -3.50. The molecule has 4 nitrogen and oxygen atoms in total. The third-order valence-corrected chi connectivity index (χ3v) is 5.15. The molecule has 0 heterocycles. The van der Waals surface area contributed by atoms with Crippen molar-refractivity contribution in [2.45, 2.75) is 17.7 Å². The van der Waals surface area contributed by atoms with Crippen molar-refractivity contribution in [3.63, 3.8) is 0 Å². The maximum Gasteiger partial charge on any atom is 0.241 e. The first-order valence-electron chi connectivity index (χ1n) is 7.22. The van der Waals surface area contributed by atoms with Gasteiger partial charge in [-0.15, -0.1) is 0 Å². The van der Waals surface area contributed by atoms with Crippen LogP contribution in [0.25, 0.3) is 10.8 Å². The van der Waals surface area contributed by atoms with Crippen LogP contribution in [0, 0.1) is 5.92 Å². The molecule has 0 unspecified atom stereocenters. The van der Waals surface area contributed by atoms with Gasteiger partial charge < -0.3 is 4.74 Å². The molecule has 0 radical (unpaired) electrons. The Hall–Kier alpha value is -1.43. The molecule has 21 heavy (non-hydrogen) atoms. The van der Waals surface area contributed by atoms with E-state index in [2.05, 4.69) is 4.72 Å². The van der Waals surface area contributed by atoms with Crippen molar-refractivity contribution in [1.29, 1.82) is 0 Å². The normalized spacial score (nSPS) is 15.4. The number of benzene rings is 2. The van der Waals surface area contributed by atoms with E-state index in [-0.39, 0.29) is 0 Å². The zero-order valence-electron chi connectivity index (χ0n) is 11.8. The summed E-state index contributed by atoms with van der Waals surface area (Å²) >= 11 is 0. The van der Waals surface area contributed by atoms with E-state index in [1.54, 1.807) is 12.1 Å². The molecule has 0 saturated heterocycles. The van der Waals surface area contributed by atoms with E-state index >= 15 is 0 Å². The summed E-state index contributed by atoms with van der Waals surface area (Å²) in [5.41, 5.74) is 0. The van der Waals surface area contributed by atoms with Gasteiger partial charge in [-0.3, -0.25) is 0 Å². The quantitative estimate of drug-likeness (QED) is 0.800. The Bertz CT molecular complexity index is 718. The number of nitrogens with one attached hydrogen (secondary N) is 1. The molecule has 112 valence electrons. The Morgan fingerprint density at radius 3 is 2.67 bits per heavy atom. The van der Waals surface area contributed by atoms with Crippen LogP contribution in [0.4, 0.5) is 0 Å². The van der Waals surface area contributed by atoms with Crippen molar-refractivity contribution in [2.75, 3.05) is 19.8 Å². The highest BCUT2D eigenvalue weighted by Gasteiger charge is 2.21. The number of fused-ring (bicyclic) bond motifs is 1. The van der Waals surface area contributed by atoms with Crippen LogP contribution in [-0.2, 0) is 14.8 Å². The molecule has 0 spiro atoms. The smallest absolute Gasteiger partial charge is 0.241 e. The molecule has 2 aromatic carbocycles. The van der Waals surface area contributed by atoms with Gasteiger partial charge in [0.1, 0.15) is 0 Å². The molecular weight excluding hydrogens is 286 g/mol. The molecular formula is C16H19NO3S. The average molecular weight is 305 g/mol. The summed E-state index contributed by atoms with van der Waals surface area (Å²) in [6, 6.07) is 12.8. The van der Waals surface area contributed by atoms with Gasteiger partial charge in [-0.1, -0.05) is 36.4 Å². The van der Waals surface area contributed by atoms with Crippen LogP contribution in [0.2, 0.25) is 0 Å². The molecule has 1 saturated carbocycles. The first-order chi connectivity index (χ1) is 10.2. The molecule has 0 aromatic heterocycles. The van der Waals surface area contributed by atoms with E-state index in [1.807, 2.05) is 30.3 Å². The molecule has 1 N–H and O–H groups in total. The summed E-state index contributed by atoms with van der Waals surface area (Å²) < 4.78 is 32.8. The second-order valence-electron chi connectivity index (χ2n) is 5.39. The van der Waals surface area contributed by atoms with Gasteiger partial charge in [0.2, 0.25) is 10.0 Å². The summed E-state index contributed by atoms with van der Waals surface area (Å²) in [5.74, 6) is 0.694. The lowest BCUT2D eigenvalue weighted by Gasteiger charge is -2.09. The van der Waals surface area contributed by atoms with Gasteiger partial charge in [0.25, 0.3) is 0 Å². The van der Waals surface area contributed by atoms with Crippen LogP contribution < -0.4 is 4.72 Å². The van der Waals surface area contributed by atoms with Gasteiger partial charge in [-0.05, 0) is 30.2 Å². The monoisotopic (exact) mass is 305 g/mol. The molecule has 1 fully saturated rings. The number of sulfonamides is 1. The second kappa shape index (κ2) is 6.13. The predicted octanol–water partition coefficient (Wildman–Crippen LogP) is 2.54. The Morgan fingerprint density at radius 1 is 1.10 bits per heavy atom. The standard InChI is InChI=1S/C16H19NO3S/c18-21(19,17-10-11-20-12-13-8-9-13)16-7-3-5-14-4-1-2-6-15(14)16/h1-7,13,17H,8-12H2. The molecule has 1 aliphatic carbocycles. The van der Waals surface area contributed by atoms with Crippen LogP contribution in [-0.4, -0.2) is 28.2 Å². The summed E-state index contributed by atoms with van der Waals surface area (Å²) in [6.45, 7) is 1.47. The largest absolute Gasteiger partial charge is 0.380 e. The maximum absolute atomic E-state index is 12.4. The third-order valence-electron chi connectivity index (χ3n) is 3.63. The van der Waals surface area contributed by atoms with E-state index < -0.39 is 10.0 Å². The van der Waals surface area contributed by atoms with E-state index in [4.69, 9.17) is 4.74 Å². The van der Waals surface area contributed by atoms with E-state index in [1.165, 1.54) is 12.8 Å². The molecule has 5 heteroatoms. The summed E-state index contributed by atoms with van der Waals surface area (Å²) in [4.78, 5) is 0.322. The lowest BCUT2D eigenvalue weighted by atomic mass is 10.1. The van der Waals surface area contributed by atoms with Gasteiger partial charge in [0.05, 0.1) is 11.5 Å². The minimum Gasteiger partial charge on any atom is -0.380 e. The Morgan fingerprint density at radius 2 is 1.86 bits per heavy atom. The SMILES string of the molecule is O=S(=O)(NCCOCC1CC1)c1cccc2ccccc12. The fraction of sp³-hybridized carbons (Fsp3) is 0.375. The first-order valence-corrected chi connectivity index (χ1v) is 8.70. The third kappa shape index (κ3) is 3.61. The first kappa shape index (κ1) is 14.5. The highest BCUT2D eigenvalue weighted by molar-refractivity contribution is 7.89. The van der Waals surface area contributed by atoms with Crippen LogP contribution in [0.1, 0.15) is 12.8 Å². The van der Waals surface area contributed by atoms with Crippen LogP contribution in [0.15, 0.2) is 47.4 Å². The van der Waals surface area contributed by atoms with Gasteiger partial charge in [0, 0.05) is 18.5 Å². The van der Waals surface area contributed by atoms with Crippen molar-refractivity contribution in [3.05, 3.63) is 42.5 Å². The zero-order valence-corrected chi connectivity index (χ0v) is 12.6. The Balaban J connectivity index is 1.67. The number of hydrogen-bond donors (Lipinski definition) is 1. The highest BCUT2D eigenvalue weighted by atomic mass is 32.2. The average Bonchev–Trinajstić information content (AvgIpc) is 3.30. The molecule has 0 aliphatic heterocycles. The van der Waals surface area contributed by atoms with Crippen molar-refractivity contribution in [3.8, 4) is 0 Å². The van der Waals surface area contributed by atoms with E-state index in [0.717, 1.165) is 17.4 Å². The van der Waals surface area contributed by atoms with Crippen molar-refractivity contribution in [2.24, 2.45) is 5.92 Å². The van der Waals surface area contributed by atoms with Crippen molar-refractivity contribution >= 4 is 20.8 Å². The summed E-state index contributed by atoms with van der Waals surface area (Å²) in [6.07, 6.45) is 2.48. The molecule has 3 rings (SSSR count). The molecule has 0 atom stereocenters. The second-order valence-corrected chi connectivity index (χ2v) is 7.13. The Kier molecular flexibility index (Phi) is 4.24. The minimum absolute atomic E-state index is 0.304. The number of hydrogen-bond acceptors (Lipinski definition) is 3. The van der Waals surface area contributed by atoms with Crippen LogP contribution >= 0.6 is 0 Å². The molecule has 2 aromatic rings. The minimum atomic E-state index is -3.50. The van der Waals surface area contributed by atoms with E-state index in [0.29, 0.717) is 24.0 Å². The number of rotatable bonds is 7. The molecule has 0 amide bonds. The lowest BCUT2D eigenvalue weighted by Crippen LogP contribution is -2.27. The van der Waals surface area contributed by atoms with Gasteiger partial charge in [-0.2, -0.15) is 0 Å². The fourth-order valence-corrected chi connectivity index (χ4v) is 3.53.